The summed E-state index contributed by atoms with van der Waals surface area (Å²) in [5, 5.41) is 18.5. The van der Waals surface area contributed by atoms with Gasteiger partial charge in [-0.1, -0.05) is 0 Å². The van der Waals surface area contributed by atoms with Crippen molar-refractivity contribution in [2.75, 3.05) is 11.9 Å². The van der Waals surface area contributed by atoms with Crippen molar-refractivity contribution in [1.82, 2.24) is 30.0 Å². The zero-order valence-electron chi connectivity index (χ0n) is 15.3. The third-order valence-corrected chi connectivity index (χ3v) is 4.35. The lowest BCUT2D eigenvalue weighted by atomic mass is 10.1. The first-order chi connectivity index (χ1) is 13.6. The van der Waals surface area contributed by atoms with Gasteiger partial charge in [-0.3, -0.25) is 14.5 Å². The predicted octanol–water partition coefficient (Wildman–Crippen LogP) is 2.38. The number of amides is 1. The topological polar surface area (TPSA) is 121 Å². The number of anilines is 2. The van der Waals surface area contributed by atoms with Gasteiger partial charge in [0.2, 0.25) is 5.95 Å². The summed E-state index contributed by atoms with van der Waals surface area (Å²) < 4.78 is 1.96. The fourth-order valence-corrected chi connectivity index (χ4v) is 2.74. The van der Waals surface area contributed by atoms with Crippen LogP contribution in [0.1, 0.15) is 34.9 Å². The second kappa shape index (κ2) is 7.44. The average Bonchev–Trinajstić information content (AvgIpc) is 3.47. The Bertz CT molecular complexity index is 1050. The molecular weight excluding hydrogens is 356 g/mol. The van der Waals surface area contributed by atoms with Gasteiger partial charge in [-0.05, 0) is 37.5 Å². The number of hydrogen-bond donors (Lipinski definition) is 2. The molecule has 0 unspecified atom stereocenters. The normalized spacial score (nSPS) is 13.0. The van der Waals surface area contributed by atoms with Crippen LogP contribution in [0.2, 0.25) is 0 Å². The third kappa shape index (κ3) is 3.81. The molecule has 9 nitrogen and oxygen atoms in total. The van der Waals surface area contributed by atoms with E-state index in [1.165, 1.54) is 12.8 Å². The van der Waals surface area contributed by atoms with Crippen molar-refractivity contribution >= 4 is 17.5 Å². The van der Waals surface area contributed by atoms with E-state index in [2.05, 4.69) is 30.7 Å². The summed E-state index contributed by atoms with van der Waals surface area (Å²) in [4.78, 5) is 25.0. The van der Waals surface area contributed by atoms with E-state index in [4.69, 9.17) is 5.26 Å². The van der Waals surface area contributed by atoms with E-state index in [-0.39, 0.29) is 18.1 Å². The fourth-order valence-electron chi connectivity index (χ4n) is 2.74. The number of hydrogen-bond acceptors (Lipinski definition) is 7. The average molecular weight is 374 g/mol. The second-order valence-corrected chi connectivity index (χ2v) is 6.56. The van der Waals surface area contributed by atoms with Crippen LogP contribution in [0, 0.1) is 18.3 Å². The first-order valence-corrected chi connectivity index (χ1v) is 8.90. The summed E-state index contributed by atoms with van der Waals surface area (Å²) in [7, 11) is 0. The lowest BCUT2D eigenvalue weighted by Crippen LogP contribution is -2.24. The summed E-state index contributed by atoms with van der Waals surface area (Å²) >= 11 is 0. The Morgan fingerprint density at radius 1 is 1.29 bits per heavy atom. The molecule has 3 aromatic rings. The molecule has 0 aliphatic heterocycles. The molecule has 0 bridgehead atoms. The first kappa shape index (κ1) is 17.6. The van der Waals surface area contributed by atoms with Crippen molar-refractivity contribution in [3.8, 4) is 17.3 Å². The molecule has 0 saturated heterocycles. The van der Waals surface area contributed by atoms with Gasteiger partial charge in [-0.15, -0.1) is 0 Å². The summed E-state index contributed by atoms with van der Waals surface area (Å²) in [6.45, 7) is 1.86. The number of nitriles is 1. The fraction of sp³-hybridized carbons (Fsp3) is 0.263. The number of nitrogens with zero attached hydrogens (tertiary/aromatic N) is 6. The number of pyridine rings is 1. The highest BCUT2D eigenvalue weighted by molar-refractivity contribution is 5.92. The number of nitrogens with one attached hydrogen (secondary N) is 2. The van der Waals surface area contributed by atoms with Gasteiger partial charge < -0.3 is 10.6 Å². The van der Waals surface area contributed by atoms with Crippen molar-refractivity contribution in [2.45, 2.75) is 25.8 Å². The van der Waals surface area contributed by atoms with Crippen molar-refractivity contribution in [3.63, 3.8) is 0 Å². The van der Waals surface area contributed by atoms with Gasteiger partial charge in [0.1, 0.15) is 12.2 Å². The highest BCUT2D eigenvalue weighted by Gasteiger charge is 2.24. The molecule has 1 fully saturated rings. The molecule has 1 aliphatic rings. The van der Waals surface area contributed by atoms with Crippen LogP contribution in [-0.4, -0.2) is 37.2 Å². The molecule has 0 radical (unpaired) electrons. The molecule has 28 heavy (non-hydrogen) atoms. The second-order valence-electron chi connectivity index (χ2n) is 6.56. The Hall–Kier alpha value is -3.80. The van der Waals surface area contributed by atoms with Crippen LogP contribution in [0.15, 0.2) is 36.9 Å². The third-order valence-electron chi connectivity index (χ3n) is 4.35. The molecule has 0 aromatic carbocycles. The van der Waals surface area contributed by atoms with Gasteiger partial charge in [0, 0.05) is 24.2 Å². The minimum Gasteiger partial charge on any atom is -0.338 e. The van der Waals surface area contributed by atoms with Crippen LogP contribution in [-0.2, 0) is 0 Å². The molecule has 4 rings (SSSR count). The number of carbonyl (C=O) groups is 1. The molecule has 0 spiro atoms. The Kier molecular flexibility index (Phi) is 4.68. The molecule has 2 N–H and O–H groups in total. The van der Waals surface area contributed by atoms with E-state index in [0.717, 1.165) is 22.5 Å². The van der Waals surface area contributed by atoms with Crippen molar-refractivity contribution in [3.05, 3.63) is 48.2 Å². The zero-order valence-corrected chi connectivity index (χ0v) is 15.3. The number of carbonyl (C=O) groups excluding carboxylic acids is 1. The van der Waals surface area contributed by atoms with Crippen molar-refractivity contribution < 1.29 is 4.79 Å². The maximum Gasteiger partial charge on any atom is 0.270 e. The zero-order chi connectivity index (χ0) is 19.5. The van der Waals surface area contributed by atoms with Crippen LogP contribution in [0.25, 0.3) is 11.3 Å². The smallest absolute Gasteiger partial charge is 0.270 e. The first-order valence-electron chi connectivity index (χ1n) is 8.90. The summed E-state index contributed by atoms with van der Waals surface area (Å²) in [5.74, 6) is 0.0781. The molecule has 140 valence electrons. The number of aromatic nitrogens is 5. The standard InChI is InChI=1S/C19H18N8O/c1-12-8-23-19(25-14-10-24-27(11-14)15-3-4-15)26-17(12)13-2-5-16(22-9-13)18(28)21-7-6-20/h2,5,8-11,15H,3-4,7H2,1H3,(H,21,28)(H,23,25,26). The molecule has 1 saturated carbocycles. The van der Waals surface area contributed by atoms with Crippen LogP contribution in [0.5, 0.6) is 0 Å². The molecule has 0 atom stereocenters. The van der Waals surface area contributed by atoms with E-state index in [1.54, 1.807) is 30.7 Å². The Morgan fingerprint density at radius 2 is 2.14 bits per heavy atom. The van der Waals surface area contributed by atoms with E-state index in [9.17, 15) is 4.79 Å². The highest BCUT2D eigenvalue weighted by Crippen LogP contribution is 2.34. The maximum atomic E-state index is 11.9. The van der Waals surface area contributed by atoms with E-state index in [1.807, 2.05) is 23.9 Å². The molecule has 1 amide bonds. The lowest BCUT2D eigenvalue weighted by molar-refractivity contribution is 0.0953. The molecule has 1 aliphatic carbocycles. The van der Waals surface area contributed by atoms with E-state index < -0.39 is 0 Å². The van der Waals surface area contributed by atoms with Crippen molar-refractivity contribution in [2.24, 2.45) is 0 Å². The lowest BCUT2D eigenvalue weighted by Gasteiger charge is -2.08. The van der Waals surface area contributed by atoms with E-state index >= 15 is 0 Å². The maximum absolute atomic E-state index is 11.9. The van der Waals surface area contributed by atoms with Crippen LogP contribution in [0.3, 0.4) is 0 Å². The molecule has 9 heteroatoms. The monoisotopic (exact) mass is 374 g/mol. The summed E-state index contributed by atoms with van der Waals surface area (Å²) in [6.07, 6.45) is 9.39. The van der Waals surface area contributed by atoms with Gasteiger partial charge in [-0.2, -0.15) is 10.4 Å². The summed E-state index contributed by atoms with van der Waals surface area (Å²) in [5.41, 5.74) is 3.47. The largest absolute Gasteiger partial charge is 0.338 e. The minimum atomic E-state index is -0.387. The van der Waals surface area contributed by atoms with E-state index in [0.29, 0.717) is 12.0 Å². The van der Waals surface area contributed by atoms with Crippen LogP contribution < -0.4 is 10.6 Å². The number of aryl methyl sites for hydroxylation is 1. The minimum absolute atomic E-state index is 0.0559. The quantitative estimate of drug-likeness (QED) is 0.635. The molecular formula is C19H18N8O. The van der Waals surface area contributed by atoms with Gasteiger partial charge in [0.05, 0.1) is 29.7 Å². The van der Waals surface area contributed by atoms with Crippen LogP contribution in [0.4, 0.5) is 11.6 Å². The Labute approximate surface area is 161 Å². The van der Waals surface area contributed by atoms with Gasteiger partial charge in [-0.25, -0.2) is 9.97 Å². The highest BCUT2D eigenvalue weighted by atomic mass is 16.1. The van der Waals surface area contributed by atoms with Gasteiger partial charge in [0.25, 0.3) is 5.91 Å². The number of rotatable bonds is 6. The molecule has 3 aromatic heterocycles. The SMILES string of the molecule is Cc1cnc(Nc2cnn(C3CC3)c2)nc1-c1ccc(C(=O)NCC#N)nc1. The van der Waals surface area contributed by atoms with Crippen LogP contribution >= 0.6 is 0 Å². The summed E-state index contributed by atoms with van der Waals surface area (Å²) in [6, 6.07) is 5.76. The Morgan fingerprint density at radius 3 is 2.86 bits per heavy atom. The van der Waals surface area contributed by atoms with Crippen molar-refractivity contribution in [1.29, 1.82) is 5.26 Å². The van der Waals surface area contributed by atoms with Gasteiger partial charge >= 0.3 is 0 Å². The predicted molar refractivity (Wildman–Crippen MR) is 102 cm³/mol. The van der Waals surface area contributed by atoms with Gasteiger partial charge in [0.15, 0.2) is 0 Å². The molecule has 3 heterocycles. The Balaban J connectivity index is 1.53.